The summed E-state index contributed by atoms with van der Waals surface area (Å²) >= 11 is 5.81. The van der Waals surface area contributed by atoms with Gasteiger partial charge in [0, 0.05) is 11.9 Å². The first-order valence-corrected chi connectivity index (χ1v) is 6.76. The molecule has 0 saturated heterocycles. The first-order chi connectivity index (χ1) is 9.06. The third kappa shape index (κ3) is 2.66. The Morgan fingerprint density at radius 3 is 2.74 bits per heavy atom. The molecule has 4 nitrogen and oxygen atoms in total. The largest absolute Gasteiger partial charge is 0.344 e. The molecular weight excluding hydrogens is 260 g/mol. The highest BCUT2D eigenvalue weighted by atomic mass is 35.5. The van der Waals surface area contributed by atoms with Crippen molar-refractivity contribution in [3.05, 3.63) is 39.9 Å². The minimum Gasteiger partial charge on any atom is -0.344 e. The average Bonchev–Trinajstić information content (AvgIpc) is 2.93. The van der Waals surface area contributed by atoms with E-state index in [1.54, 1.807) is 0 Å². The van der Waals surface area contributed by atoms with Crippen LogP contribution < -0.4 is 0 Å². The molecule has 2 heterocycles. The number of hydrogen-bond acceptors (Lipinski definition) is 2. The summed E-state index contributed by atoms with van der Waals surface area (Å²) in [4.78, 5) is 0. The van der Waals surface area contributed by atoms with Crippen molar-refractivity contribution < 1.29 is 0 Å². The highest BCUT2D eigenvalue weighted by molar-refractivity contribution is 6.29. The van der Waals surface area contributed by atoms with Crippen molar-refractivity contribution in [3.63, 3.8) is 0 Å². The van der Waals surface area contributed by atoms with Gasteiger partial charge in [0.05, 0.1) is 17.8 Å². The van der Waals surface area contributed by atoms with Crippen LogP contribution in [0.2, 0.25) is 5.15 Å². The van der Waals surface area contributed by atoms with Crippen molar-refractivity contribution in [2.75, 3.05) is 0 Å². The van der Waals surface area contributed by atoms with Gasteiger partial charge in [-0.1, -0.05) is 32.4 Å². The molecule has 0 saturated carbocycles. The van der Waals surface area contributed by atoms with E-state index in [2.05, 4.69) is 41.6 Å². The highest BCUT2D eigenvalue weighted by Crippen LogP contribution is 2.26. The lowest BCUT2D eigenvalue weighted by molar-refractivity contribution is 0.713. The Kier molecular flexibility index (Phi) is 3.96. The Balaban J connectivity index is 2.43. The van der Waals surface area contributed by atoms with Gasteiger partial charge in [0.2, 0.25) is 0 Å². The maximum Gasteiger partial charge on any atom is 0.151 e. The van der Waals surface area contributed by atoms with E-state index in [1.807, 2.05) is 12.3 Å². The Morgan fingerprint density at radius 2 is 2.26 bits per heavy atom. The molecule has 19 heavy (non-hydrogen) atoms. The molecule has 100 valence electrons. The molecule has 5 heteroatoms. The smallest absolute Gasteiger partial charge is 0.151 e. The predicted molar refractivity (Wildman–Crippen MR) is 75.3 cm³/mol. The molecule has 0 radical (unpaired) electrons. The third-order valence-electron chi connectivity index (χ3n) is 3.21. The summed E-state index contributed by atoms with van der Waals surface area (Å²) in [5.41, 5.74) is 4.06. The van der Waals surface area contributed by atoms with Crippen molar-refractivity contribution >= 4 is 11.6 Å². The number of H-pyrrole nitrogens is 1. The minimum absolute atomic E-state index is 0.344. The van der Waals surface area contributed by atoms with Crippen LogP contribution in [0.4, 0.5) is 0 Å². The number of aromatic amines is 1. The second kappa shape index (κ2) is 5.50. The zero-order valence-electron chi connectivity index (χ0n) is 11.4. The fourth-order valence-corrected chi connectivity index (χ4v) is 2.65. The first kappa shape index (κ1) is 13.7. The predicted octanol–water partition coefficient (Wildman–Crippen LogP) is 3.47. The molecule has 1 N–H and O–H groups in total. The fraction of sp³-hybridized carbons (Fsp3) is 0.429. The van der Waals surface area contributed by atoms with Crippen molar-refractivity contribution in [3.8, 4) is 6.07 Å². The van der Waals surface area contributed by atoms with Crippen molar-refractivity contribution in [2.24, 2.45) is 0 Å². The molecule has 0 aliphatic carbocycles. The van der Waals surface area contributed by atoms with E-state index >= 15 is 0 Å². The van der Waals surface area contributed by atoms with Gasteiger partial charge >= 0.3 is 0 Å². The Labute approximate surface area is 118 Å². The highest BCUT2D eigenvalue weighted by Gasteiger charge is 2.17. The summed E-state index contributed by atoms with van der Waals surface area (Å²) in [6.07, 6.45) is 2.82. The van der Waals surface area contributed by atoms with Gasteiger partial charge < -0.3 is 4.57 Å². The molecule has 0 aliphatic heterocycles. The van der Waals surface area contributed by atoms with Crippen molar-refractivity contribution in [1.29, 1.82) is 5.26 Å². The molecular formula is C14H17ClN4. The number of hydrogen-bond donors (Lipinski definition) is 1. The molecule has 0 amide bonds. The number of nitriles is 1. The molecule has 0 fully saturated rings. The molecule has 0 aliphatic rings. The Hall–Kier alpha value is -1.73. The lowest BCUT2D eigenvalue weighted by Crippen LogP contribution is -2.05. The van der Waals surface area contributed by atoms with Crippen LogP contribution in [0.5, 0.6) is 0 Å². The SMILES string of the molecule is CCc1c(C(C)C)c(C#N)cn1Cc1cc(Cl)n[nH]1. The molecule has 0 aromatic carbocycles. The zero-order chi connectivity index (χ0) is 14.0. The van der Waals surface area contributed by atoms with Gasteiger partial charge in [0.1, 0.15) is 6.07 Å². The van der Waals surface area contributed by atoms with Crippen molar-refractivity contribution in [2.45, 2.75) is 39.7 Å². The summed E-state index contributed by atoms with van der Waals surface area (Å²) in [7, 11) is 0. The molecule has 2 rings (SSSR count). The van der Waals surface area contributed by atoms with Gasteiger partial charge in [0.25, 0.3) is 0 Å². The van der Waals surface area contributed by atoms with E-state index in [4.69, 9.17) is 11.6 Å². The van der Waals surface area contributed by atoms with Crippen LogP contribution in [0.1, 0.15) is 49.2 Å². The number of nitrogens with one attached hydrogen (secondary N) is 1. The summed E-state index contributed by atoms with van der Waals surface area (Å²) in [5.74, 6) is 0.344. The fourth-order valence-electron chi connectivity index (χ4n) is 2.48. The van der Waals surface area contributed by atoms with Crippen LogP contribution in [-0.4, -0.2) is 14.8 Å². The number of rotatable bonds is 4. The van der Waals surface area contributed by atoms with Crippen LogP contribution >= 0.6 is 11.6 Å². The van der Waals surface area contributed by atoms with Gasteiger partial charge in [-0.25, -0.2) is 0 Å². The molecule has 0 spiro atoms. The van der Waals surface area contributed by atoms with Gasteiger partial charge in [-0.15, -0.1) is 0 Å². The normalized spacial score (nSPS) is 10.9. The lowest BCUT2D eigenvalue weighted by Gasteiger charge is -2.11. The van der Waals surface area contributed by atoms with E-state index in [-0.39, 0.29) is 0 Å². The summed E-state index contributed by atoms with van der Waals surface area (Å²) in [6.45, 7) is 7.00. The van der Waals surface area contributed by atoms with Crippen LogP contribution in [-0.2, 0) is 13.0 Å². The molecule has 0 bridgehead atoms. The van der Waals surface area contributed by atoms with E-state index in [0.717, 1.165) is 23.2 Å². The maximum atomic E-state index is 9.27. The zero-order valence-corrected chi connectivity index (χ0v) is 12.1. The standard InChI is InChI=1S/C14H17ClN4/c1-4-12-14(9(2)3)10(6-16)7-19(12)8-11-5-13(15)18-17-11/h5,7,9H,4,8H2,1-3H3,(H,17,18). The number of nitrogens with zero attached hydrogens (tertiary/aromatic N) is 3. The van der Waals surface area contributed by atoms with E-state index in [1.165, 1.54) is 5.69 Å². The minimum atomic E-state index is 0.344. The number of halogens is 1. The molecule has 2 aromatic rings. The monoisotopic (exact) mass is 276 g/mol. The summed E-state index contributed by atoms with van der Waals surface area (Å²) in [5, 5.41) is 16.5. The quantitative estimate of drug-likeness (QED) is 0.929. The first-order valence-electron chi connectivity index (χ1n) is 6.38. The van der Waals surface area contributed by atoms with Crippen LogP contribution in [0.25, 0.3) is 0 Å². The van der Waals surface area contributed by atoms with Crippen LogP contribution in [0.3, 0.4) is 0 Å². The van der Waals surface area contributed by atoms with Crippen molar-refractivity contribution in [1.82, 2.24) is 14.8 Å². The average molecular weight is 277 g/mol. The molecule has 0 unspecified atom stereocenters. The second-order valence-electron chi connectivity index (χ2n) is 4.87. The molecule has 2 aromatic heterocycles. The van der Waals surface area contributed by atoms with Gasteiger partial charge in [0.15, 0.2) is 5.15 Å². The van der Waals surface area contributed by atoms with E-state index in [0.29, 0.717) is 17.6 Å². The molecule has 0 atom stereocenters. The third-order valence-corrected chi connectivity index (χ3v) is 3.40. The number of aromatic nitrogens is 3. The summed E-state index contributed by atoms with van der Waals surface area (Å²) in [6, 6.07) is 4.10. The van der Waals surface area contributed by atoms with Gasteiger partial charge in [-0.2, -0.15) is 10.4 Å². The topological polar surface area (TPSA) is 57.4 Å². The Morgan fingerprint density at radius 1 is 1.53 bits per heavy atom. The van der Waals surface area contributed by atoms with E-state index in [9.17, 15) is 5.26 Å². The summed E-state index contributed by atoms with van der Waals surface area (Å²) < 4.78 is 2.11. The van der Waals surface area contributed by atoms with Gasteiger partial charge in [-0.05, 0) is 24.0 Å². The van der Waals surface area contributed by atoms with E-state index < -0.39 is 0 Å². The Bertz CT molecular complexity index is 616. The van der Waals surface area contributed by atoms with Gasteiger partial charge in [-0.3, -0.25) is 5.10 Å². The van der Waals surface area contributed by atoms with Crippen LogP contribution in [0.15, 0.2) is 12.3 Å². The maximum absolute atomic E-state index is 9.27. The van der Waals surface area contributed by atoms with Crippen LogP contribution in [0, 0.1) is 11.3 Å². The lowest BCUT2D eigenvalue weighted by atomic mass is 9.98. The second-order valence-corrected chi connectivity index (χ2v) is 5.25.